The Balaban J connectivity index is 1.76. The first kappa shape index (κ1) is 24.1. The van der Waals surface area contributed by atoms with Crippen molar-refractivity contribution >= 4 is 23.6 Å². The first-order chi connectivity index (χ1) is 16.3. The van der Waals surface area contributed by atoms with Crippen LogP contribution in [0.25, 0.3) is 28.7 Å². The van der Waals surface area contributed by atoms with Crippen LogP contribution in [0.3, 0.4) is 0 Å². The number of carboxylic acid groups (broad SMARTS) is 1. The van der Waals surface area contributed by atoms with E-state index in [2.05, 4.69) is 0 Å². The lowest BCUT2D eigenvalue weighted by Crippen LogP contribution is -2.19. The summed E-state index contributed by atoms with van der Waals surface area (Å²) >= 11 is 6.11. The third-order valence-electron chi connectivity index (χ3n) is 5.78. The molecule has 0 spiro atoms. The van der Waals surface area contributed by atoms with Gasteiger partial charge in [-0.25, -0.2) is 9.97 Å². The number of aliphatic hydroxyl groups excluding tert-OH is 2. The van der Waals surface area contributed by atoms with E-state index in [0.29, 0.717) is 16.8 Å². The van der Waals surface area contributed by atoms with Gasteiger partial charge in [0.1, 0.15) is 0 Å². The van der Waals surface area contributed by atoms with Crippen LogP contribution in [0.2, 0.25) is 5.02 Å². The molecular formula is C27H27ClN2O4. The zero-order valence-electron chi connectivity index (χ0n) is 18.9. The molecule has 1 saturated carbocycles. The fourth-order valence-corrected chi connectivity index (χ4v) is 3.95. The van der Waals surface area contributed by atoms with Crippen molar-refractivity contribution in [2.45, 2.75) is 50.7 Å². The smallest absolute Gasteiger partial charge is 0.305 e. The summed E-state index contributed by atoms with van der Waals surface area (Å²) in [5.74, 6) is -0.154. The highest BCUT2D eigenvalue weighted by Gasteiger charge is 2.30. The fourth-order valence-electron chi connectivity index (χ4n) is 3.83. The topological polar surface area (TPSA) is 104 Å². The number of aliphatic carboxylic acids is 1. The Labute approximate surface area is 203 Å². The lowest BCUT2D eigenvalue weighted by atomic mass is 9.99. The van der Waals surface area contributed by atoms with E-state index in [1.54, 1.807) is 12.2 Å². The highest BCUT2D eigenvalue weighted by molar-refractivity contribution is 6.30. The van der Waals surface area contributed by atoms with Crippen LogP contribution in [0.4, 0.5) is 0 Å². The minimum atomic E-state index is -1.13. The monoisotopic (exact) mass is 478 g/mol. The van der Waals surface area contributed by atoms with Gasteiger partial charge >= 0.3 is 5.97 Å². The zero-order valence-corrected chi connectivity index (χ0v) is 19.6. The summed E-state index contributed by atoms with van der Waals surface area (Å²) in [4.78, 5) is 20.6. The second-order valence-electron chi connectivity index (χ2n) is 8.76. The van der Waals surface area contributed by atoms with Crippen LogP contribution < -0.4 is 0 Å². The van der Waals surface area contributed by atoms with E-state index >= 15 is 0 Å². The summed E-state index contributed by atoms with van der Waals surface area (Å²) in [5.41, 5.74) is 5.43. The molecule has 1 aliphatic rings. The largest absolute Gasteiger partial charge is 0.481 e. The third kappa shape index (κ3) is 6.08. The number of carbonyl (C=O) groups is 1. The molecule has 34 heavy (non-hydrogen) atoms. The van der Waals surface area contributed by atoms with Crippen molar-refractivity contribution in [1.82, 2.24) is 9.97 Å². The van der Waals surface area contributed by atoms with Crippen molar-refractivity contribution in [3.8, 4) is 22.6 Å². The van der Waals surface area contributed by atoms with E-state index in [4.69, 9.17) is 26.7 Å². The van der Waals surface area contributed by atoms with E-state index < -0.39 is 24.6 Å². The molecule has 0 saturated heterocycles. The van der Waals surface area contributed by atoms with E-state index in [9.17, 15) is 15.0 Å². The van der Waals surface area contributed by atoms with Crippen molar-refractivity contribution < 1.29 is 20.1 Å². The average molecular weight is 479 g/mol. The van der Waals surface area contributed by atoms with Gasteiger partial charge < -0.3 is 15.3 Å². The van der Waals surface area contributed by atoms with Gasteiger partial charge in [0.15, 0.2) is 5.82 Å². The number of aromatic nitrogens is 2. The number of aryl methyl sites for hydroxylation is 1. The number of carboxylic acids is 1. The van der Waals surface area contributed by atoms with Crippen molar-refractivity contribution in [2.24, 2.45) is 0 Å². The molecule has 7 heteroatoms. The van der Waals surface area contributed by atoms with E-state index in [0.717, 1.165) is 46.5 Å². The van der Waals surface area contributed by atoms with Crippen LogP contribution >= 0.6 is 11.6 Å². The van der Waals surface area contributed by atoms with Crippen LogP contribution in [-0.4, -0.2) is 43.5 Å². The van der Waals surface area contributed by atoms with E-state index in [1.165, 1.54) is 0 Å². The number of aliphatic hydroxyl groups is 2. The molecule has 0 aliphatic heterocycles. The fraction of sp³-hybridized carbons (Fsp3) is 0.296. The third-order valence-corrected chi connectivity index (χ3v) is 6.03. The molecule has 2 atom stereocenters. The summed E-state index contributed by atoms with van der Waals surface area (Å²) in [6.07, 6.45) is 2.81. The van der Waals surface area contributed by atoms with Gasteiger partial charge in [0.05, 0.1) is 30.0 Å². The van der Waals surface area contributed by atoms with Gasteiger partial charge in [0.2, 0.25) is 0 Å². The molecule has 6 nitrogen and oxygen atoms in total. The van der Waals surface area contributed by atoms with Gasteiger partial charge in [-0.1, -0.05) is 65.7 Å². The second-order valence-corrected chi connectivity index (χ2v) is 9.19. The summed E-state index contributed by atoms with van der Waals surface area (Å²) < 4.78 is 0. The number of hydrogen-bond donors (Lipinski definition) is 3. The molecule has 1 heterocycles. The number of benzene rings is 2. The molecule has 0 bridgehead atoms. The predicted octanol–water partition coefficient (Wildman–Crippen LogP) is 5.25. The average Bonchev–Trinajstić information content (AvgIpc) is 3.63. The molecular weight excluding hydrogens is 452 g/mol. The van der Waals surface area contributed by atoms with Crippen LogP contribution in [-0.2, 0) is 4.79 Å². The Morgan fingerprint density at radius 2 is 1.71 bits per heavy atom. The molecule has 3 N–H and O–H groups in total. The van der Waals surface area contributed by atoms with E-state index in [1.807, 2.05) is 55.5 Å². The quantitative estimate of drug-likeness (QED) is 0.388. The molecule has 1 aromatic heterocycles. The number of hydrogen-bond acceptors (Lipinski definition) is 5. The first-order valence-corrected chi connectivity index (χ1v) is 11.7. The molecule has 1 fully saturated rings. The van der Waals surface area contributed by atoms with Crippen LogP contribution in [0.5, 0.6) is 0 Å². The Morgan fingerprint density at radius 3 is 2.32 bits per heavy atom. The SMILES string of the molecule is Cc1ccc(-c2nc(-c3ccc(Cl)cc3)c(/C=C/C(O)CC(O)CC(=O)O)c(C3CC3)n2)cc1. The number of halogens is 1. The van der Waals surface area contributed by atoms with Crippen molar-refractivity contribution in [3.05, 3.63) is 76.5 Å². The van der Waals surface area contributed by atoms with Gasteiger partial charge in [-0.15, -0.1) is 0 Å². The summed E-state index contributed by atoms with van der Waals surface area (Å²) in [5, 5.41) is 29.7. The van der Waals surface area contributed by atoms with Crippen molar-refractivity contribution in [3.63, 3.8) is 0 Å². The Kier molecular flexibility index (Phi) is 7.41. The van der Waals surface area contributed by atoms with Gasteiger partial charge in [-0.3, -0.25) is 4.79 Å². The van der Waals surface area contributed by atoms with Crippen LogP contribution in [0.1, 0.15) is 48.4 Å². The van der Waals surface area contributed by atoms with E-state index in [-0.39, 0.29) is 6.42 Å². The maximum absolute atomic E-state index is 10.8. The maximum atomic E-state index is 10.8. The highest BCUT2D eigenvalue weighted by Crippen LogP contribution is 2.43. The van der Waals surface area contributed by atoms with Gasteiger partial charge in [0.25, 0.3) is 0 Å². The van der Waals surface area contributed by atoms with Gasteiger partial charge in [-0.05, 0) is 31.9 Å². The normalized spacial score (nSPS) is 15.4. The lowest BCUT2D eigenvalue weighted by Gasteiger charge is -2.15. The molecule has 3 aromatic rings. The zero-order chi connectivity index (χ0) is 24.2. The van der Waals surface area contributed by atoms with Gasteiger partial charge in [0, 0.05) is 34.1 Å². The Hall–Kier alpha value is -3.06. The van der Waals surface area contributed by atoms with Crippen molar-refractivity contribution in [2.75, 3.05) is 0 Å². The summed E-state index contributed by atoms with van der Waals surface area (Å²) in [6.45, 7) is 2.03. The van der Waals surface area contributed by atoms with Crippen molar-refractivity contribution in [1.29, 1.82) is 0 Å². The minimum absolute atomic E-state index is 0.0693. The molecule has 2 aromatic carbocycles. The molecule has 2 unspecified atom stereocenters. The Morgan fingerprint density at radius 1 is 1.06 bits per heavy atom. The Bertz CT molecular complexity index is 1190. The second kappa shape index (κ2) is 10.5. The summed E-state index contributed by atoms with van der Waals surface area (Å²) in [7, 11) is 0. The standard InChI is InChI=1S/C27H27ClN2O4/c1-16-2-4-19(5-3-16)27-29-25(17-6-7-17)23(13-12-21(31)14-22(32)15-24(33)34)26(30-27)18-8-10-20(28)11-9-18/h2-5,8-13,17,21-22,31-32H,6-7,14-15H2,1H3,(H,33,34)/b13-12+. The number of nitrogens with zero attached hydrogens (tertiary/aromatic N) is 2. The van der Waals surface area contributed by atoms with Crippen LogP contribution in [0, 0.1) is 6.92 Å². The molecule has 0 amide bonds. The minimum Gasteiger partial charge on any atom is -0.481 e. The predicted molar refractivity (Wildman–Crippen MR) is 133 cm³/mol. The number of rotatable bonds is 9. The van der Waals surface area contributed by atoms with Gasteiger partial charge in [-0.2, -0.15) is 0 Å². The van der Waals surface area contributed by atoms with Crippen LogP contribution in [0.15, 0.2) is 54.6 Å². The molecule has 0 radical (unpaired) electrons. The molecule has 1 aliphatic carbocycles. The first-order valence-electron chi connectivity index (χ1n) is 11.3. The maximum Gasteiger partial charge on any atom is 0.305 e. The summed E-state index contributed by atoms with van der Waals surface area (Å²) in [6, 6.07) is 15.5. The molecule has 4 rings (SSSR count). The highest BCUT2D eigenvalue weighted by atomic mass is 35.5. The lowest BCUT2D eigenvalue weighted by molar-refractivity contribution is -0.139. The molecule has 176 valence electrons.